The van der Waals surface area contributed by atoms with Gasteiger partial charge in [0.1, 0.15) is 12.4 Å². The summed E-state index contributed by atoms with van der Waals surface area (Å²) in [5.41, 5.74) is 6.43. The number of aryl methyl sites for hydroxylation is 1. The van der Waals surface area contributed by atoms with E-state index in [4.69, 9.17) is 10.2 Å². The Bertz CT molecular complexity index is 1250. The van der Waals surface area contributed by atoms with Gasteiger partial charge in [0.25, 0.3) is 10.8 Å². The summed E-state index contributed by atoms with van der Waals surface area (Å²) >= 11 is 2.80. The standard InChI is InChI=1S/C18H16N6O3S2/c1-10-20-11(8-28-10)6-16-22-23-18(27-16)29-9-15-21-13-5-3-2-4-12(13)17(26)24(15)7-14(19)25/h2-5,8H,6-7,9H2,1H3,(H2,19,25). The number of carbonyl (C=O) groups excluding carboxylic acids is 1. The molecule has 4 aromatic rings. The van der Waals surface area contributed by atoms with Crippen LogP contribution in [0.1, 0.15) is 22.4 Å². The minimum absolute atomic E-state index is 0.245. The van der Waals surface area contributed by atoms with Crippen molar-refractivity contribution in [3.63, 3.8) is 0 Å². The number of amides is 1. The van der Waals surface area contributed by atoms with E-state index < -0.39 is 5.91 Å². The Morgan fingerprint density at radius 1 is 1.28 bits per heavy atom. The molecule has 0 bridgehead atoms. The van der Waals surface area contributed by atoms with Crippen molar-refractivity contribution in [3.8, 4) is 0 Å². The van der Waals surface area contributed by atoms with Crippen molar-refractivity contribution >= 4 is 39.9 Å². The molecule has 0 aliphatic rings. The Morgan fingerprint density at radius 2 is 2.10 bits per heavy atom. The van der Waals surface area contributed by atoms with Gasteiger partial charge in [0.2, 0.25) is 11.8 Å². The maximum absolute atomic E-state index is 12.8. The third-order valence-corrected chi connectivity index (χ3v) is 5.66. The van der Waals surface area contributed by atoms with E-state index in [0.29, 0.717) is 34.3 Å². The molecule has 0 saturated heterocycles. The van der Waals surface area contributed by atoms with Crippen LogP contribution in [-0.4, -0.2) is 30.6 Å². The summed E-state index contributed by atoms with van der Waals surface area (Å²) in [5, 5.41) is 11.8. The fraction of sp³-hybridized carbons (Fsp3) is 0.222. The van der Waals surface area contributed by atoms with Crippen LogP contribution in [0, 0.1) is 6.92 Å². The summed E-state index contributed by atoms with van der Waals surface area (Å²) in [4.78, 5) is 33.1. The van der Waals surface area contributed by atoms with Gasteiger partial charge >= 0.3 is 0 Å². The molecular formula is C18H16N6O3S2. The highest BCUT2D eigenvalue weighted by Gasteiger charge is 2.15. The SMILES string of the molecule is Cc1nc(Cc2nnc(SCc3nc4ccccc4c(=O)n3CC(N)=O)o2)cs1. The average molecular weight is 428 g/mol. The van der Waals surface area contributed by atoms with E-state index in [1.807, 2.05) is 12.3 Å². The molecule has 0 atom stereocenters. The van der Waals surface area contributed by atoms with Crippen LogP contribution in [0.25, 0.3) is 10.9 Å². The number of benzene rings is 1. The highest BCUT2D eigenvalue weighted by Crippen LogP contribution is 2.22. The first-order chi connectivity index (χ1) is 14.0. The van der Waals surface area contributed by atoms with Gasteiger partial charge in [-0.2, -0.15) is 0 Å². The molecular weight excluding hydrogens is 412 g/mol. The Morgan fingerprint density at radius 3 is 2.86 bits per heavy atom. The van der Waals surface area contributed by atoms with Crippen LogP contribution in [0.15, 0.2) is 44.1 Å². The first-order valence-corrected chi connectivity index (χ1v) is 10.5. The fourth-order valence-electron chi connectivity index (χ4n) is 2.78. The lowest BCUT2D eigenvalue weighted by Crippen LogP contribution is -2.31. The van der Waals surface area contributed by atoms with E-state index in [2.05, 4.69) is 20.2 Å². The number of hydrogen-bond acceptors (Lipinski definition) is 9. The van der Waals surface area contributed by atoms with E-state index in [1.165, 1.54) is 16.3 Å². The van der Waals surface area contributed by atoms with Crippen LogP contribution in [0.4, 0.5) is 0 Å². The van der Waals surface area contributed by atoms with Crippen LogP contribution in [0.2, 0.25) is 0 Å². The summed E-state index contributed by atoms with van der Waals surface area (Å²) in [5.74, 6) is 0.519. The minimum atomic E-state index is -0.617. The van der Waals surface area contributed by atoms with Crippen molar-refractivity contribution < 1.29 is 9.21 Å². The zero-order valence-electron chi connectivity index (χ0n) is 15.4. The van der Waals surface area contributed by atoms with Crippen LogP contribution in [0.5, 0.6) is 0 Å². The van der Waals surface area contributed by atoms with Gasteiger partial charge in [-0.15, -0.1) is 21.5 Å². The number of carbonyl (C=O) groups is 1. The van der Waals surface area contributed by atoms with Crippen molar-refractivity contribution in [2.45, 2.75) is 30.9 Å². The molecule has 0 fully saturated rings. The normalized spacial score (nSPS) is 11.2. The molecule has 0 spiro atoms. The number of nitrogens with zero attached hydrogens (tertiary/aromatic N) is 5. The number of thioether (sulfide) groups is 1. The van der Waals surface area contributed by atoms with Crippen molar-refractivity contribution in [3.05, 3.63) is 62.4 Å². The Labute approximate surface area is 173 Å². The molecule has 1 amide bonds. The topological polar surface area (TPSA) is 130 Å². The zero-order valence-corrected chi connectivity index (χ0v) is 17.0. The van der Waals surface area contributed by atoms with Gasteiger partial charge in [0.15, 0.2) is 0 Å². The minimum Gasteiger partial charge on any atom is -0.416 e. The zero-order chi connectivity index (χ0) is 20.4. The van der Waals surface area contributed by atoms with Crippen LogP contribution in [-0.2, 0) is 23.5 Å². The van der Waals surface area contributed by atoms with Crippen LogP contribution in [0.3, 0.4) is 0 Å². The third-order valence-electron chi connectivity index (χ3n) is 4.03. The first kappa shape index (κ1) is 19.3. The Balaban J connectivity index is 1.56. The Kier molecular flexibility index (Phi) is 5.41. The summed E-state index contributed by atoms with van der Waals surface area (Å²) in [7, 11) is 0. The molecule has 2 N–H and O–H groups in total. The van der Waals surface area contributed by atoms with E-state index in [1.54, 1.807) is 35.6 Å². The fourth-order valence-corrected chi connectivity index (χ4v) is 4.12. The number of hydrogen-bond donors (Lipinski definition) is 1. The highest BCUT2D eigenvalue weighted by molar-refractivity contribution is 7.98. The second kappa shape index (κ2) is 8.13. The number of nitrogens with two attached hydrogens (primary N) is 1. The van der Waals surface area contributed by atoms with Gasteiger partial charge in [-0.1, -0.05) is 23.9 Å². The molecule has 0 aliphatic carbocycles. The van der Waals surface area contributed by atoms with Gasteiger partial charge in [-0.3, -0.25) is 14.2 Å². The molecule has 0 unspecified atom stereocenters. The second-order valence-electron chi connectivity index (χ2n) is 6.19. The van der Waals surface area contributed by atoms with E-state index in [0.717, 1.165) is 10.7 Å². The average Bonchev–Trinajstić information content (AvgIpc) is 3.31. The predicted octanol–water partition coefficient (Wildman–Crippen LogP) is 1.91. The lowest BCUT2D eigenvalue weighted by Gasteiger charge is -2.11. The van der Waals surface area contributed by atoms with E-state index >= 15 is 0 Å². The summed E-state index contributed by atoms with van der Waals surface area (Å²) in [6.07, 6.45) is 0.457. The third kappa shape index (κ3) is 4.35. The Hall–Kier alpha value is -3.05. The van der Waals surface area contributed by atoms with Crippen molar-refractivity contribution in [1.29, 1.82) is 0 Å². The number of fused-ring (bicyclic) bond motifs is 1. The molecule has 0 radical (unpaired) electrons. The molecule has 148 valence electrons. The van der Waals surface area contributed by atoms with E-state index in [-0.39, 0.29) is 17.9 Å². The molecule has 3 aromatic heterocycles. The van der Waals surface area contributed by atoms with Crippen LogP contribution < -0.4 is 11.3 Å². The first-order valence-electron chi connectivity index (χ1n) is 8.62. The monoisotopic (exact) mass is 428 g/mol. The summed E-state index contributed by atoms with van der Waals surface area (Å²) in [6.45, 7) is 1.69. The molecule has 3 heterocycles. The number of para-hydroxylation sites is 1. The molecule has 29 heavy (non-hydrogen) atoms. The number of thiazole rings is 1. The summed E-state index contributed by atoms with van der Waals surface area (Å²) in [6, 6.07) is 6.97. The molecule has 9 nitrogen and oxygen atoms in total. The van der Waals surface area contributed by atoms with Crippen molar-refractivity contribution in [2.24, 2.45) is 5.73 Å². The molecule has 1 aromatic carbocycles. The smallest absolute Gasteiger partial charge is 0.277 e. The predicted molar refractivity (Wildman–Crippen MR) is 109 cm³/mol. The van der Waals surface area contributed by atoms with Gasteiger partial charge in [0, 0.05) is 5.38 Å². The molecule has 11 heteroatoms. The van der Waals surface area contributed by atoms with Gasteiger partial charge in [0.05, 0.1) is 33.8 Å². The molecule has 4 rings (SSSR count). The largest absolute Gasteiger partial charge is 0.416 e. The number of rotatable bonds is 7. The van der Waals surface area contributed by atoms with Gasteiger partial charge in [-0.25, -0.2) is 9.97 Å². The second-order valence-corrected chi connectivity index (χ2v) is 8.18. The van der Waals surface area contributed by atoms with Crippen LogP contribution >= 0.6 is 23.1 Å². The quantitative estimate of drug-likeness (QED) is 0.442. The number of aromatic nitrogens is 5. The lowest BCUT2D eigenvalue weighted by atomic mass is 10.2. The van der Waals surface area contributed by atoms with Crippen molar-refractivity contribution in [2.75, 3.05) is 0 Å². The number of primary amides is 1. The highest BCUT2D eigenvalue weighted by atomic mass is 32.2. The molecule has 0 aliphatic heterocycles. The lowest BCUT2D eigenvalue weighted by molar-refractivity contribution is -0.118. The summed E-state index contributed by atoms with van der Waals surface area (Å²) < 4.78 is 6.94. The van der Waals surface area contributed by atoms with E-state index in [9.17, 15) is 9.59 Å². The maximum Gasteiger partial charge on any atom is 0.277 e. The maximum atomic E-state index is 12.8. The van der Waals surface area contributed by atoms with Gasteiger partial charge in [-0.05, 0) is 19.1 Å². The molecule has 0 saturated carbocycles. The van der Waals surface area contributed by atoms with Crippen molar-refractivity contribution in [1.82, 2.24) is 24.7 Å². The van der Waals surface area contributed by atoms with Gasteiger partial charge < -0.3 is 10.2 Å².